The van der Waals surface area contributed by atoms with Crippen LogP contribution in [0, 0.1) is 0 Å². The van der Waals surface area contributed by atoms with Crippen LogP contribution in [0.4, 0.5) is 5.69 Å². The lowest BCUT2D eigenvalue weighted by Gasteiger charge is -2.05. The summed E-state index contributed by atoms with van der Waals surface area (Å²) in [7, 11) is 1.90. The molecule has 0 atom stereocenters. The van der Waals surface area contributed by atoms with Crippen LogP contribution in [0.5, 0.6) is 0 Å². The summed E-state index contributed by atoms with van der Waals surface area (Å²) in [6, 6.07) is 11.8. The van der Waals surface area contributed by atoms with Crippen molar-refractivity contribution in [2.45, 2.75) is 10.6 Å². The van der Waals surface area contributed by atoms with E-state index in [1.165, 1.54) is 0 Å². The van der Waals surface area contributed by atoms with E-state index >= 15 is 0 Å². The molecule has 2 rings (SSSR count). The number of hydrogen-bond acceptors (Lipinski definition) is 3. The number of benzene rings is 1. The van der Waals surface area contributed by atoms with Crippen LogP contribution in [0.15, 0.2) is 47.5 Å². The molecule has 4 heteroatoms. The third kappa shape index (κ3) is 3.38. The first kappa shape index (κ1) is 12.3. The summed E-state index contributed by atoms with van der Waals surface area (Å²) in [5.41, 5.74) is 2.12. The number of thioether (sulfide) groups is 1. The fraction of sp³-hybridized carbons (Fsp3) is 0.154. The van der Waals surface area contributed by atoms with Gasteiger partial charge in [0.05, 0.1) is 10.7 Å². The number of halogens is 1. The van der Waals surface area contributed by atoms with Gasteiger partial charge >= 0.3 is 0 Å². The lowest BCUT2D eigenvalue weighted by atomic mass is 10.3. The van der Waals surface area contributed by atoms with E-state index in [9.17, 15) is 0 Å². The average molecular weight is 265 g/mol. The Hall–Kier alpha value is -1.19. The predicted octanol–water partition coefficient (Wildman–Crippen LogP) is 4.07. The van der Waals surface area contributed by atoms with Crippen molar-refractivity contribution in [2.24, 2.45) is 0 Å². The summed E-state index contributed by atoms with van der Waals surface area (Å²) in [4.78, 5) is 5.42. The molecule has 1 heterocycles. The smallest absolute Gasteiger partial charge is 0.0541 e. The van der Waals surface area contributed by atoms with Crippen LogP contribution in [0.2, 0.25) is 5.02 Å². The monoisotopic (exact) mass is 264 g/mol. The molecule has 0 saturated heterocycles. The minimum absolute atomic E-state index is 0.794. The van der Waals surface area contributed by atoms with Gasteiger partial charge in [-0.25, -0.2) is 0 Å². The summed E-state index contributed by atoms with van der Waals surface area (Å²) >= 11 is 7.79. The zero-order valence-electron chi connectivity index (χ0n) is 9.48. The summed E-state index contributed by atoms with van der Waals surface area (Å²) < 4.78 is 0. The molecule has 1 aromatic heterocycles. The SMILES string of the molecule is CNc1ccnc(CSc2ccccc2Cl)c1. The van der Waals surface area contributed by atoms with Gasteiger partial charge in [0.25, 0.3) is 0 Å². The summed E-state index contributed by atoms with van der Waals surface area (Å²) in [6.45, 7) is 0. The molecular formula is C13H13ClN2S. The van der Waals surface area contributed by atoms with E-state index in [1.54, 1.807) is 11.8 Å². The van der Waals surface area contributed by atoms with Crippen molar-refractivity contribution < 1.29 is 0 Å². The van der Waals surface area contributed by atoms with E-state index in [4.69, 9.17) is 11.6 Å². The topological polar surface area (TPSA) is 24.9 Å². The molecule has 0 aliphatic carbocycles. The molecule has 0 saturated carbocycles. The number of nitrogens with zero attached hydrogens (tertiary/aromatic N) is 1. The van der Waals surface area contributed by atoms with Crippen LogP contribution < -0.4 is 5.32 Å². The number of anilines is 1. The molecule has 0 bridgehead atoms. The highest BCUT2D eigenvalue weighted by atomic mass is 35.5. The van der Waals surface area contributed by atoms with Crippen molar-refractivity contribution in [1.82, 2.24) is 4.98 Å². The van der Waals surface area contributed by atoms with Crippen molar-refractivity contribution >= 4 is 29.1 Å². The van der Waals surface area contributed by atoms with Crippen molar-refractivity contribution in [3.63, 3.8) is 0 Å². The maximum atomic E-state index is 6.10. The lowest BCUT2D eigenvalue weighted by molar-refractivity contribution is 1.17. The Labute approximate surface area is 110 Å². The number of rotatable bonds is 4. The third-order valence-electron chi connectivity index (χ3n) is 2.32. The fourth-order valence-corrected chi connectivity index (χ4v) is 2.57. The Morgan fingerprint density at radius 3 is 2.88 bits per heavy atom. The quantitative estimate of drug-likeness (QED) is 0.843. The standard InChI is InChI=1S/C13H13ClN2S/c1-15-10-6-7-16-11(8-10)9-17-13-5-3-2-4-12(13)14/h2-8H,9H2,1H3,(H,15,16). The second-order valence-corrected chi connectivity index (χ2v) is 4.93. The number of pyridine rings is 1. The zero-order chi connectivity index (χ0) is 12.1. The summed E-state index contributed by atoms with van der Waals surface area (Å²) in [5, 5.41) is 3.90. The van der Waals surface area contributed by atoms with E-state index in [-0.39, 0.29) is 0 Å². The third-order valence-corrected chi connectivity index (χ3v) is 3.87. The molecule has 0 aliphatic heterocycles. The van der Waals surface area contributed by atoms with Crippen molar-refractivity contribution in [3.8, 4) is 0 Å². The Kier molecular flexibility index (Phi) is 4.29. The van der Waals surface area contributed by atoms with Crippen molar-refractivity contribution in [1.29, 1.82) is 0 Å². The molecule has 1 N–H and O–H groups in total. The molecule has 0 amide bonds. The van der Waals surface area contributed by atoms with Gasteiger partial charge in [0.15, 0.2) is 0 Å². The predicted molar refractivity (Wildman–Crippen MR) is 74.8 cm³/mol. The van der Waals surface area contributed by atoms with Crippen molar-refractivity contribution in [2.75, 3.05) is 12.4 Å². The second-order valence-electron chi connectivity index (χ2n) is 3.50. The highest BCUT2D eigenvalue weighted by Crippen LogP contribution is 2.29. The molecule has 88 valence electrons. The van der Waals surface area contributed by atoms with Crippen LogP contribution in [-0.4, -0.2) is 12.0 Å². The maximum absolute atomic E-state index is 6.10. The van der Waals surface area contributed by atoms with E-state index in [1.807, 2.05) is 49.6 Å². The average Bonchev–Trinajstić information content (AvgIpc) is 2.38. The minimum Gasteiger partial charge on any atom is -0.388 e. The van der Waals surface area contributed by atoms with Gasteiger partial charge in [0.2, 0.25) is 0 Å². The number of aromatic nitrogens is 1. The van der Waals surface area contributed by atoms with E-state index in [2.05, 4.69) is 10.3 Å². The molecule has 1 aromatic carbocycles. The normalized spacial score (nSPS) is 10.2. The highest BCUT2D eigenvalue weighted by Gasteiger charge is 2.02. The molecule has 0 unspecified atom stereocenters. The van der Waals surface area contributed by atoms with E-state index in [0.29, 0.717) is 0 Å². The Bertz CT molecular complexity index is 502. The van der Waals surface area contributed by atoms with Crippen molar-refractivity contribution in [3.05, 3.63) is 53.3 Å². The molecule has 0 fully saturated rings. The fourth-order valence-electron chi connectivity index (χ4n) is 1.43. The first-order valence-electron chi connectivity index (χ1n) is 5.29. The largest absolute Gasteiger partial charge is 0.388 e. The molecular weight excluding hydrogens is 252 g/mol. The van der Waals surface area contributed by atoms with Crippen LogP contribution in [0.25, 0.3) is 0 Å². The molecule has 0 spiro atoms. The van der Waals surface area contributed by atoms with Gasteiger partial charge < -0.3 is 5.32 Å². The highest BCUT2D eigenvalue weighted by molar-refractivity contribution is 7.98. The Morgan fingerprint density at radius 1 is 1.29 bits per heavy atom. The Morgan fingerprint density at radius 2 is 2.12 bits per heavy atom. The van der Waals surface area contributed by atoms with Gasteiger partial charge in [0, 0.05) is 29.6 Å². The van der Waals surface area contributed by atoms with E-state index in [0.717, 1.165) is 27.1 Å². The van der Waals surface area contributed by atoms with Gasteiger partial charge in [-0.1, -0.05) is 23.7 Å². The summed E-state index contributed by atoms with van der Waals surface area (Å²) in [5.74, 6) is 0.819. The zero-order valence-corrected chi connectivity index (χ0v) is 11.1. The van der Waals surface area contributed by atoms with E-state index < -0.39 is 0 Å². The van der Waals surface area contributed by atoms with Crippen LogP contribution in [-0.2, 0) is 5.75 Å². The maximum Gasteiger partial charge on any atom is 0.0541 e. The van der Waals surface area contributed by atoms with Gasteiger partial charge in [-0.2, -0.15) is 0 Å². The molecule has 0 aliphatic rings. The van der Waals surface area contributed by atoms with Crippen LogP contribution in [0.1, 0.15) is 5.69 Å². The molecule has 2 nitrogen and oxygen atoms in total. The van der Waals surface area contributed by atoms with Gasteiger partial charge in [-0.15, -0.1) is 11.8 Å². The molecule has 17 heavy (non-hydrogen) atoms. The van der Waals surface area contributed by atoms with Gasteiger partial charge in [0.1, 0.15) is 0 Å². The number of hydrogen-bond donors (Lipinski definition) is 1. The molecule has 2 aromatic rings. The lowest BCUT2D eigenvalue weighted by Crippen LogP contribution is -1.92. The number of nitrogens with one attached hydrogen (secondary N) is 1. The minimum atomic E-state index is 0.794. The molecule has 0 radical (unpaired) electrons. The van der Waals surface area contributed by atoms with Gasteiger partial charge in [-0.3, -0.25) is 4.98 Å². The van der Waals surface area contributed by atoms with Crippen LogP contribution in [0.3, 0.4) is 0 Å². The first-order chi connectivity index (χ1) is 8.29. The van der Waals surface area contributed by atoms with Crippen LogP contribution >= 0.6 is 23.4 Å². The van der Waals surface area contributed by atoms with Gasteiger partial charge in [-0.05, 0) is 24.3 Å². The second kappa shape index (κ2) is 5.94. The first-order valence-corrected chi connectivity index (χ1v) is 6.66. The summed E-state index contributed by atoms with van der Waals surface area (Å²) in [6.07, 6.45) is 1.81. The Balaban J connectivity index is 2.05.